The second-order valence-corrected chi connectivity index (χ2v) is 19.1. The number of aliphatic hydroxyl groups is 3. The number of esters is 3. The normalized spacial score (nSPS) is 35.6. The molecule has 5 heterocycles. The van der Waals surface area contributed by atoms with Gasteiger partial charge in [-0.3, -0.25) is 9.59 Å². The van der Waals surface area contributed by atoms with Crippen molar-refractivity contribution in [1.82, 2.24) is 9.80 Å². The molecule has 18 heteroatoms. The number of carboxylic acids is 1. The number of likely N-dealkylation sites (N-methyl/N-ethyl adjacent to an activating group) is 2. The molecule has 3 saturated heterocycles. The average molecular weight is 909 g/mol. The number of cyclic esters (lactones) is 1. The van der Waals surface area contributed by atoms with Crippen LogP contribution in [0, 0.1) is 6.92 Å². The summed E-state index contributed by atoms with van der Waals surface area (Å²) in [6.45, 7) is 6.77. The Morgan fingerprint density at radius 1 is 0.828 bits per heavy atom. The first-order valence-electron chi connectivity index (χ1n) is 21.5. The van der Waals surface area contributed by atoms with Crippen LogP contribution in [0.25, 0.3) is 0 Å². The highest BCUT2D eigenvalue weighted by atomic mass is 35.5. The van der Waals surface area contributed by atoms with Crippen molar-refractivity contribution in [3.05, 3.63) is 75.8 Å². The van der Waals surface area contributed by atoms with Crippen LogP contribution < -0.4 is 9.47 Å². The zero-order valence-electron chi connectivity index (χ0n) is 36.1. The molecule has 5 N–H and O–H groups in total. The minimum Gasteiger partial charge on any atom is -0.504 e. The van der Waals surface area contributed by atoms with Gasteiger partial charge in [-0.1, -0.05) is 18.2 Å². The van der Waals surface area contributed by atoms with Crippen molar-refractivity contribution < 1.29 is 73.1 Å². The van der Waals surface area contributed by atoms with Gasteiger partial charge in [0.05, 0.1) is 34.9 Å². The van der Waals surface area contributed by atoms with E-state index in [2.05, 4.69) is 29.0 Å². The van der Waals surface area contributed by atoms with E-state index in [4.69, 9.17) is 33.5 Å². The Kier molecular flexibility index (Phi) is 10.3. The van der Waals surface area contributed by atoms with Crippen LogP contribution in [-0.2, 0) is 61.8 Å². The molecule has 2 aromatic carbocycles. The van der Waals surface area contributed by atoms with E-state index in [9.17, 15) is 39.6 Å². The molecule has 64 heavy (non-hydrogen) atoms. The standard InChI is InChI=1S/C25H29NO7.C21H23NO8.ClH/c1-13-5-6-14-11-17-25(29)8-7-15(30-18(27)12-16-22(28)33-23(2,3)32-16)21-24(25,9-10-26(17)4)19(14)20(13)31-21;1-22-7-6-20-16-10-2-3-11(23)17(16)30-18(20)13(4-5-21(20,28)14(22)8-10)29-15(25)9-12(24)19(26)27;/h5-7,16-17,21,29H,8-12H2,1-4H3;2-4,12,14,18,23-24,28H,5-9H2,1H3,(H,26,27);1H/t16-,17+,21-,24-,25+;12-,14+,18-,20-,21+;/m00./s1. The van der Waals surface area contributed by atoms with Crippen molar-refractivity contribution in [2.24, 2.45) is 0 Å². The van der Waals surface area contributed by atoms with Crippen LogP contribution in [0.15, 0.2) is 47.9 Å². The van der Waals surface area contributed by atoms with Crippen LogP contribution in [0.4, 0.5) is 0 Å². The number of carboxylic acid groups (broad SMARTS) is 1. The van der Waals surface area contributed by atoms with E-state index in [0.717, 1.165) is 41.0 Å². The van der Waals surface area contributed by atoms with Gasteiger partial charge in [-0.2, -0.15) is 0 Å². The molecule has 0 unspecified atom stereocenters. The fourth-order valence-electron chi connectivity index (χ4n) is 12.6. The van der Waals surface area contributed by atoms with Gasteiger partial charge in [0.2, 0.25) is 5.79 Å². The van der Waals surface area contributed by atoms with Crippen LogP contribution >= 0.6 is 12.4 Å². The number of phenolic OH excluding ortho intramolecular Hbond substituents is 1. The summed E-state index contributed by atoms with van der Waals surface area (Å²) in [4.78, 5) is 52.4. The van der Waals surface area contributed by atoms with E-state index in [1.165, 1.54) is 5.56 Å². The van der Waals surface area contributed by atoms with Crippen LogP contribution in [0.3, 0.4) is 0 Å². The lowest BCUT2D eigenvalue weighted by Gasteiger charge is -2.61. The molecule has 0 aromatic heterocycles. The minimum absolute atomic E-state index is 0. The highest BCUT2D eigenvalue weighted by molar-refractivity contribution is 5.85. The maximum atomic E-state index is 12.8. The Labute approximate surface area is 374 Å². The van der Waals surface area contributed by atoms with E-state index in [1.807, 2.05) is 20.0 Å². The fourth-order valence-corrected chi connectivity index (χ4v) is 12.6. The van der Waals surface area contributed by atoms with E-state index in [0.29, 0.717) is 43.7 Å². The van der Waals surface area contributed by atoms with Gasteiger partial charge in [0.1, 0.15) is 17.3 Å². The quantitative estimate of drug-likeness (QED) is 0.198. The number of hydrogen-bond acceptors (Lipinski definition) is 16. The Balaban J connectivity index is 0.000000160. The topological polar surface area (TPSA) is 231 Å². The maximum Gasteiger partial charge on any atom is 0.338 e. The molecule has 0 amide bonds. The lowest BCUT2D eigenvalue weighted by atomic mass is 9.50. The van der Waals surface area contributed by atoms with Crippen molar-refractivity contribution in [1.29, 1.82) is 0 Å². The number of aryl methyl sites for hydroxylation is 1. The number of benzene rings is 2. The third-order valence-electron chi connectivity index (χ3n) is 15.4. The summed E-state index contributed by atoms with van der Waals surface area (Å²) in [5.74, 6) is -2.99. The third-order valence-corrected chi connectivity index (χ3v) is 15.4. The summed E-state index contributed by atoms with van der Waals surface area (Å²) in [6, 6.07) is 7.41. The van der Waals surface area contributed by atoms with Gasteiger partial charge >= 0.3 is 23.9 Å². The van der Waals surface area contributed by atoms with Crippen LogP contribution in [-0.4, -0.2) is 140 Å². The highest BCUT2D eigenvalue weighted by Gasteiger charge is 2.73. The van der Waals surface area contributed by atoms with Gasteiger partial charge in [-0.15, -0.1) is 12.4 Å². The molecule has 9 aliphatic rings. The number of piperidine rings is 2. The smallest absolute Gasteiger partial charge is 0.338 e. The molecule has 2 aromatic rings. The van der Waals surface area contributed by atoms with Crippen molar-refractivity contribution in [3.63, 3.8) is 0 Å². The predicted molar refractivity (Wildman–Crippen MR) is 224 cm³/mol. The van der Waals surface area contributed by atoms with Crippen LogP contribution in [0.5, 0.6) is 17.2 Å². The number of halogens is 1. The Hall–Kier alpha value is -4.75. The number of aliphatic carboxylic acids is 1. The molecule has 0 saturated carbocycles. The molecule has 3 fully saturated rings. The van der Waals surface area contributed by atoms with Crippen molar-refractivity contribution in [2.75, 3.05) is 27.2 Å². The Morgan fingerprint density at radius 2 is 1.34 bits per heavy atom. The van der Waals surface area contributed by atoms with Crippen molar-refractivity contribution in [2.45, 2.75) is 136 Å². The second-order valence-electron chi connectivity index (χ2n) is 19.1. The van der Waals surface area contributed by atoms with Crippen molar-refractivity contribution in [3.8, 4) is 17.2 Å². The number of likely N-dealkylation sites (tertiary alicyclic amines) is 2. The molecule has 2 spiro atoms. The molecule has 10 atom stereocenters. The number of aromatic hydroxyl groups is 1. The number of carbonyl (C=O) groups is 4. The van der Waals surface area contributed by atoms with Gasteiger partial charge in [0, 0.05) is 49.9 Å². The predicted octanol–water partition coefficient (Wildman–Crippen LogP) is 2.35. The molecule has 344 valence electrons. The summed E-state index contributed by atoms with van der Waals surface area (Å²) in [7, 11) is 4.03. The van der Waals surface area contributed by atoms with Crippen molar-refractivity contribution >= 4 is 36.3 Å². The summed E-state index contributed by atoms with van der Waals surface area (Å²) in [5.41, 5.74) is 1.28. The number of ether oxygens (including phenoxy) is 6. The number of carbonyl (C=O) groups excluding carboxylic acids is 3. The van der Waals surface area contributed by atoms with Gasteiger partial charge in [0.15, 0.2) is 35.9 Å². The Morgan fingerprint density at radius 3 is 1.88 bits per heavy atom. The molecule has 11 rings (SSSR count). The number of rotatable bonds is 7. The molecule has 4 bridgehead atoms. The summed E-state index contributed by atoms with van der Waals surface area (Å²) >= 11 is 0. The first-order chi connectivity index (χ1) is 29.7. The van der Waals surface area contributed by atoms with E-state index in [1.54, 1.807) is 32.1 Å². The number of aliphatic hydroxyl groups excluding tert-OH is 1. The number of hydrogen-bond donors (Lipinski definition) is 5. The molecule has 4 aliphatic carbocycles. The van der Waals surface area contributed by atoms with Crippen LogP contribution in [0.2, 0.25) is 0 Å². The number of nitrogens with zero attached hydrogens (tertiary/aromatic N) is 2. The fraction of sp³-hybridized carbons (Fsp3) is 0.565. The molecule has 5 aliphatic heterocycles. The van der Waals surface area contributed by atoms with Gasteiger partial charge < -0.3 is 63.8 Å². The lowest BCUT2D eigenvalue weighted by Crippen LogP contribution is -2.74. The summed E-state index contributed by atoms with van der Waals surface area (Å²) < 4.78 is 34.5. The Bertz CT molecular complexity index is 2440. The SMILES string of the molecule is CN1CC[C@]23c4c5ccc(O)c4O[C@H]2C(OC(=O)C[C@H](O)C(=O)O)=CC[C@@]3(O)[C@H]1C5.Cc1ccc2c3c1O[C@H]1C(OC(=O)C[C@@H]4OC(C)(C)OC4=O)=CC[C@@]4(O)[C@@H](C2)N(C)CC[C@]314.Cl. The minimum atomic E-state index is -1.86. The second kappa shape index (κ2) is 14.9. The first-order valence-corrected chi connectivity index (χ1v) is 21.5. The summed E-state index contributed by atoms with van der Waals surface area (Å²) in [6.07, 6.45) is 1.36. The van der Waals surface area contributed by atoms with Gasteiger partial charge in [-0.25, -0.2) is 9.59 Å². The maximum absolute atomic E-state index is 12.8. The summed E-state index contributed by atoms with van der Waals surface area (Å²) in [5, 5.41) is 52.8. The lowest BCUT2D eigenvalue weighted by molar-refractivity contribution is -0.171. The largest absolute Gasteiger partial charge is 0.504 e. The van der Waals surface area contributed by atoms with Gasteiger partial charge in [0.25, 0.3) is 0 Å². The average Bonchev–Trinajstić information content (AvgIpc) is 3.85. The molecule has 17 nitrogen and oxygen atoms in total. The number of phenols is 1. The zero-order valence-corrected chi connectivity index (χ0v) is 36.9. The monoisotopic (exact) mass is 908 g/mol. The van der Waals surface area contributed by atoms with Gasteiger partial charge in [-0.05, 0) is 94.7 Å². The van der Waals surface area contributed by atoms with E-state index < -0.39 is 82.5 Å². The third kappa shape index (κ3) is 6.03. The first kappa shape index (κ1) is 44.5. The molecular weight excluding hydrogens is 856 g/mol. The van der Waals surface area contributed by atoms with E-state index in [-0.39, 0.29) is 48.8 Å². The highest BCUT2D eigenvalue weighted by Crippen LogP contribution is 2.66. The molecular formula is C46H53ClN2O15. The zero-order chi connectivity index (χ0) is 44.8. The van der Waals surface area contributed by atoms with Crippen LogP contribution in [0.1, 0.15) is 80.2 Å². The molecule has 0 radical (unpaired) electrons. The van der Waals surface area contributed by atoms with E-state index >= 15 is 0 Å².